The molecule has 0 aliphatic carbocycles. The van der Waals surface area contributed by atoms with E-state index >= 15 is 0 Å². The second kappa shape index (κ2) is 6.16. The van der Waals surface area contributed by atoms with Crippen LogP contribution in [-0.4, -0.2) is 32.2 Å². The van der Waals surface area contributed by atoms with E-state index in [0.29, 0.717) is 0 Å². The van der Waals surface area contributed by atoms with Crippen LogP contribution in [0, 0.1) is 0 Å². The van der Waals surface area contributed by atoms with Crippen LogP contribution in [0.1, 0.15) is 0 Å². The second-order valence-electron chi connectivity index (χ2n) is 0.922. The summed E-state index contributed by atoms with van der Waals surface area (Å²) < 4.78 is 43.0. The average Bonchev–Trinajstić information content (AvgIpc) is 1.12. The third-order valence-corrected chi connectivity index (χ3v) is 0. The largest absolute Gasteiger partial charge is 2.00 e. The summed E-state index contributed by atoms with van der Waals surface area (Å²) in [6.07, 6.45) is 0. The Balaban J connectivity index is -0.000000107. The zero-order chi connectivity index (χ0) is 9.00. The molecule has 8 nitrogen and oxygen atoms in total. The van der Waals surface area contributed by atoms with Gasteiger partial charge in [0.05, 0.1) is 0 Å². The van der Waals surface area contributed by atoms with Crippen LogP contribution in [0.25, 0.3) is 0 Å². The molecule has 0 aliphatic heterocycles. The molecule has 11 heavy (non-hydrogen) atoms. The van der Waals surface area contributed by atoms with Crippen molar-refractivity contribution < 1.29 is 56.2 Å². The molecule has 0 unspecified atom stereocenters. The Hall–Kier alpha value is 0.603. The van der Waals surface area contributed by atoms with Crippen LogP contribution in [0.3, 0.4) is 0 Å². The van der Waals surface area contributed by atoms with Gasteiger partial charge in [0.1, 0.15) is 0 Å². The van der Waals surface area contributed by atoms with Gasteiger partial charge < -0.3 is 23.8 Å². The number of rotatable bonds is 0. The quantitative estimate of drug-likeness (QED) is 0.190. The van der Waals surface area contributed by atoms with Crippen LogP contribution in [0.2, 0.25) is 0 Å². The molecule has 0 amide bonds. The van der Waals surface area contributed by atoms with Crippen molar-refractivity contribution in [1.29, 1.82) is 0 Å². The van der Waals surface area contributed by atoms with E-state index in [0.717, 1.165) is 0 Å². The molecule has 0 aromatic carbocycles. The van der Waals surface area contributed by atoms with Gasteiger partial charge in [-0.15, -0.1) is 0 Å². The molecule has 0 saturated carbocycles. The summed E-state index contributed by atoms with van der Waals surface area (Å²) in [4.78, 5) is 21.6. The molecule has 0 spiro atoms. The second-order valence-corrected chi connectivity index (χ2v) is 2.76. The van der Waals surface area contributed by atoms with Crippen molar-refractivity contribution in [3.63, 3.8) is 0 Å². The van der Waals surface area contributed by atoms with E-state index in [1.807, 2.05) is 0 Å². The van der Waals surface area contributed by atoms with Gasteiger partial charge in [0.2, 0.25) is 0 Å². The summed E-state index contributed by atoms with van der Waals surface area (Å²) in [6.45, 7) is 0. The third-order valence-electron chi connectivity index (χ3n) is 0. The van der Waals surface area contributed by atoms with Gasteiger partial charge in [-0.25, -0.2) is 4.57 Å². The van der Waals surface area contributed by atoms with Crippen molar-refractivity contribution in [3.8, 4) is 0 Å². The minimum Gasteiger partial charge on any atom is -0.759 e. The molecule has 0 saturated heterocycles. The molecule has 64 valence electrons. The number of hydrogen-bond donors (Lipinski definition) is 3. The Morgan fingerprint density at radius 3 is 1.09 bits per heavy atom. The SMILES string of the molecule is O=P(O)(O)O.O=S(=O)([O-])[O-].[Zn+2]. The topological polar surface area (TPSA) is 158 Å². The van der Waals surface area contributed by atoms with Gasteiger partial charge in [-0.1, -0.05) is 0 Å². The summed E-state index contributed by atoms with van der Waals surface area (Å²) >= 11 is 0. The molecule has 0 aromatic rings. The van der Waals surface area contributed by atoms with Gasteiger partial charge in [-0.05, 0) is 0 Å². The fraction of sp³-hybridized carbons (Fsp3) is 0. The van der Waals surface area contributed by atoms with Crippen molar-refractivity contribution in [2.24, 2.45) is 0 Å². The molecular formula is H3O8PSZn. The fourth-order valence-corrected chi connectivity index (χ4v) is 0. The van der Waals surface area contributed by atoms with E-state index in [9.17, 15) is 0 Å². The maximum absolute atomic E-state index is 8.88. The van der Waals surface area contributed by atoms with Crippen LogP contribution in [0.15, 0.2) is 0 Å². The van der Waals surface area contributed by atoms with Crippen molar-refractivity contribution in [3.05, 3.63) is 0 Å². The minimum atomic E-state index is -5.17. The Morgan fingerprint density at radius 1 is 1.09 bits per heavy atom. The number of hydrogen-bond acceptors (Lipinski definition) is 5. The smallest absolute Gasteiger partial charge is 0.759 e. The summed E-state index contributed by atoms with van der Waals surface area (Å²) in [5.74, 6) is 0. The Labute approximate surface area is 74.8 Å². The van der Waals surface area contributed by atoms with E-state index in [2.05, 4.69) is 0 Å². The van der Waals surface area contributed by atoms with Crippen molar-refractivity contribution >= 4 is 18.2 Å². The molecule has 11 heteroatoms. The van der Waals surface area contributed by atoms with E-state index in [-0.39, 0.29) is 19.5 Å². The molecule has 0 heterocycles. The van der Waals surface area contributed by atoms with Gasteiger partial charge in [0.25, 0.3) is 0 Å². The zero-order valence-electron chi connectivity index (χ0n) is 4.95. The Bertz CT molecular complexity index is 192. The summed E-state index contributed by atoms with van der Waals surface area (Å²) in [5.41, 5.74) is 0. The van der Waals surface area contributed by atoms with Crippen LogP contribution in [0.4, 0.5) is 0 Å². The van der Waals surface area contributed by atoms with Crippen LogP contribution < -0.4 is 0 Å². The molecule has 0 fully saturated rings. The predicted octanol–water partition coefficient (Wildman–Crippen LogP) is -2.27. The monoisotopic (exact) mass is 258 g/mol. The molecule has 3 N–H and O–H groups in total. The molecular weight excluding hydrogens is 256 g/mol. The van der Waals surface area contributed by atoms with Gasteiger partial charge in [-0.2, -0.15) is 0 Å². The molecule has 0 rings (SSSR count). The molecule has 0 aromatic heterocycles. The number of phosphoric acid groups is 1. The van der Waals surface area contributed by atoms with Crippen molar-refractivity contribution in [2.75, 3.05) is 0 Å². The third kappa shape index (κ3) is 2160. The summed E-state index contributed by atoms with van der Waals surface area (Å²) in [6, 6.07) is 0. The predicted molar refractivity (Wildman–Crippen MR) is 24.7 cm³/mol. The fourth-order valence-electron chi connectivity index (χ4n) is 0. The average molecular weight is 259 g/mol. The van der Waals surface area contributed by atoms with Crippen molar-refractivity contribution in [2.45, 2.75) is 0 Å². The minimum absolute atomic E-state index is 0. The summed E-state index contributed by atoms with van der Waals surface area (Å²) in [5, 5.41) is 0. The van der Waals surface area contributed by atoms with Crippen LogP contribution >= 0.6 is 7.82 Å². The van der Waals surface area contributed by atoms with Crippen LogP contribution in [-0.2, 0) is 34.4 Å². The van der Waals surface area contributed by atoms with Gasteiger partial charge in [-0.3, -0.25) is 8.42 Å². The Kier molecular flexibility index (Phi) is 9.86. The maximum atomic E-state index is 8.88. The van der Waals surface area contributed by atoms with E-state index < -0.39 is 18.2 Å². The summed E-state index contributed by atoms with van der Waals surface area (Å²) in [7, 11) is -9.81. The van der Waals surface area contributed by atoms with Crippen molar-refractivity contribution in [1.82, 2.24) is 0 Å². The van der Waals surface area contributed by atoms with Gasteiger partial charge in [0, 0.05) is 10.4 Å². The van der Waals surface area contributed by atoms with E-state index in [4.69, 9.17) is 36.8 Å². The Morgan fingerprint density at radius 2 is 1.09 bits per heavy atom. The first-order chi connectivity index (χ1) is 4.00. The first-order valence-electron chi connectivity index (χ1n) is 1.45. The van der Waals surface area contributed by atoms with Gasteiger partial charge in [0.15, 0.2) is 0 Å². The molecule has 0 bridgehead atoms. The van der Waals surface area contributed by atoms with E-state index in [1.165, 1.54) is 0 Å². The standard InChI is InChI=1S/H3O4P.H2O4S.Zn/c2*1-5(2,3)4;/h(H3,1,2,3,4);(H2,1,2,3,4);/q;;+2/p-2. The normalized spacial score (nSPS) is 10.6. The molecule has 0 atom stereocenters. The first kappa shape index (κ1) is 17.6. The van der Waals surface area contributed by atoms with Gasteiger partial charge >= 0.3 is 27.3 Å². The van der Waals surface area contributed by atoms with E-state index in [1.54, 1.807) is 0 Å². The first-order valence-corrected chi connectivity index (χ1v) is 4.35. The molecule has 0 radical (unpaired) electrons. The van der Waals surface area contributed by atoms with Crippen LogP contribution in [0.5, 0.6) is 0 Å². The zero-order valence-corrected chi connectivity index (χ0v) is 9.62. The molecule has 0 aliphatic rings. The maximum Gasteiger partial charge on any atom is 2.00 e.